The van der Waals surface area contributed by atoms with Crippen molar-refractivity contribution in [3.63, 3.8) is 0 Å². The Hall–Kier alpha value is -3.21. The van der Waals surface area contributed by atoms with Crippen LogP contribution in [0.2, 0.25) is 0 Å². The average Bonchev–Trinajstić information content (AvgIpc) is 3.26. The number of rotatable bonds is 3. The van der Waals surface area contributed by atoms with Gasteiger partial charge in [0, 0.05) is 12.2 Å². The first-order valence-corrected chi connectivity index (χ1v) is 8.44. The Bertz CT molecular complexity index is 956. The topological polar surface area (TPSA) is 45.8 Å². The number of amidine groups is 1. The molecule has 1 aromatic heterocycles. The predicted octanol–water partition coefficient (Wildman–Crippen LogP) is 3.22. The van der Waals surface area contributed by atoms with Crippen LogP contribution in [0.25, 0.3) is 5.69 Å². The molecule has 0 fully saturated rings. The van der Waals surface area contributed by atoms with Gasteiger partial charge in [0.1, 0.15) is 6.33 Å². The molecule has 5 rings (SSSR count). The fourth-order valence-electron chi connectivity index (χ4n) is 3.42. The van der Waals surface area contributed by atoms with E-state index < -0.39 is 0 Å². The number of aromatic nitrogens is 2. The number of hydrogen-bond donors (Lipinski definition) is 0. The summed E-state index contributed by atoms with van der Waals surface area (Å²) in [5.41, 5.74) is 3.23. The molecule has 1 unspecified atom stereocenters. The van der Waals surface area contributed by atoms with Gasteiger partial charge in [-0.1, -0.05) is 48.5 Å². The molecule has 5 heteroatoms. The van der Waals surface area contributed by atoms with Gasteiger partial charge >= 0.3 is 0 Å². The van der Waals surface area contributed by atoms with Crippen LogP contribution in [0, 0.1) is 0 Å². The molecule has 0 radical (unpaired) electrons. The second-order valence-corrected chi connectivity index (χ2v) is 6.32. The van der Waals surface area contributed by atoms with Crippen molar-refractivity contribution in [2.45, 2.75) is 12.5 Å². The molecule has 3 heterocycles. The molecule has 2 aromatic carbocycles. The van der Waals surface area contributed by atoms with Crippen LogP contribution < -0.4 is 0 Å². The van der Waals surface area contributed by atoms with E-state index in [-0.39, 0.29) is 6.04 Å². The van der Waals surface area contributed by atoms with Crippen molar-refractivity contribution in [1.29, 1.82) is 0 Å². The Morgan fingerprint density at radius 3 is 2.52 bits per heavy atom. The van der Waals surface area contributed by atoms with Crippen molar-refractivity contribution in [2.24, 2.45) is 9.98 Å². The maximum absolute atomic E-state index is 4.93. The van der Waals surface area contributed by atoms with Crippen LogP contribution in [0.5, 0.6) is 0 Å². The van der Waals surface area contributed by atoms with Crippen LogP contribution in [-0.4, -0.2) is 39.2 Å². The molecule has 0 N–H and O–H groups in total. The highest BCUT2D eigenvalue weighted by Gasteiger charge is 2.32. The minimum Gasteiger partial charge on any atom is -0.313 e. The summed E-state index contributed by atoms with van der Waals surface area (Å²) in [5, 5.41) is 0. The van der Waals surface area contributed by atoms with E-state index in [2.05, 4.69) is 51.3 Å². The van der Waals surface area contributed by atoms with Crippen molar-refractivity contribution in [3.8, 4) is 5.69 Å². The highest BCUT2D eigenvalue weighted by atomic mass is 15.3. The first kappa shape index (κ1) is 14.2. The molecule has 0 saturated heterocycles. The molecule has 2 aliphatic rings. The van der Waals surface area contributed by atoms with E-state index in [0.29, 0.717) is 0 Å². The minimum atomic E-state index is 0.233. The number of fused-ring (bicyclic) bond motifs is 3. The molecule has 25 heavy (non-hydrogen) atoms. The molecule has 0 spiro atoms. The van der Waals surface area contributed by atoms with E-state index in [4.69, 9.17) is 4.99 Å². The fourth-order valence-corrected chi connectivity index (χ4v) is 3.42. The summed E-state index contributed by atoms with van der Waals surface area (Å²) in [6.07, 6.45) is 4.64. The lowest BCUT2D eigenvalue weighted by molar-refractivity contribution is 0.577. The van der Waals surface area contributed by atoms with Crippen molar-refractivity contribution in [3.05, 3.63) is 78.2 Å². The Kier molecular flexibility index (Phi) is 3.23. The summed E-state index contributed by atoms with van der Waals surface area (Å²) in [7, 11) is 0. The van der Waals surface area contributed by atoms with Crippen LogP contribution in [0.15, 0.2) is 77.0 Å². The second-order valence-electron chi connectivity index (χ2n) is 6.32. The minimum absolute atomic E-state index is 0.233. The highest BCUT2D eigenvalue weighted by Crippen LogP contribution is 2.30. The largest absolute Gasteiger partial charge is 0.313 e. The van der Waals surface area contributed by atoms with E-state index in [0.717, 1.165) is 36.0 Å². The molecule has 1 atom stereocenters. The lowest BCUT2D eigenvalue weighted by Crippen LogP contribution is -2.31. The van der Waals surface area contributed by atoms with E-state index in [1.54, 1.807) is 0 Å². The van der Waals surface area contributed by atoms with Gasteiger partial charge in [0.05, 0.1) is 12.4 Å². The smallest absolute Gasteiger partial charge is 0.169 e. The van der Waals surface area contributed by atoms with Crippen LogP contribution in [0.4, 0.5) is 5.82 Å². The van der Waals surface area contributed by atoms with E-state index in [1.165, 1.54) is 5.56 Å². The van der Waals surface area contributed by atoms with Crippen LogP contribution in [0.3, 0.4) is 0 Å². The van der Waals surface area contributed by atoms with Gasteiger partial charge in [-0.3, -0.25) is 9.56 Å². The Morgan fingerprint density at radius 1 is 0.960 bits per heavy atom. The van der Waals surface area contributed by atoms with Gasteiger partial charge in [-0.25, -0.2) is 9.98 Å². The monoisotopic (exact) mass is 327 g/mol. The Morgan fingerprint density at radius 2 is 1.72 bits per heavy atom. The van der Waals surface area contributed by atoms with Gasteiger partial charge < -0.3 is 4.90 Å². The van der Waals surface area contributed by atoms with Crippen LogP contribution in [-0.2, 0) is 6.42 Å². The summed E-state index contributed by atoms with van der Waals surface area (Å²) in [5.74, 6) is 1.78. The average molecular weight is 327 g/mol. The zero-order valence-corrected chi connectivity index (χ0v) is 13.7. The first-order valence-electron chi connectivity index (χ1n) is 8.44. The predicted molar refractivity (Wildman–Crippen MR) is 98.9 cm³/mol. The molecule has 0 aliphatic carbocycles. The maximum Gasteiger partial charge on any atom is 0.169 e. The van der Waals surface area contributed by atoms with Gasteiger partial charge in [-0.15, -0.1) is 0 Å². The lowest BCUT2D eigenvalue weighted by atomic mass is 10.1. The van der Waals surface area contributed by atoms with Crippen molar-refractivity contribution in [1.82, 2.24) is 14.5 Å². The molecule has 3 aromatic rings. The molecule has 2 aliphatic heterocycles. The van der Waals surface area contributed by atoms with E-state index in [9.17, 15) is 0 Å². The summed E-state index contributed by atoms with van der Waals surface area (Å²) in [6.45, 7) is 0.853. The number of nitrogens with zero attached hydrogens (tertiary/aromatic N) is 5. The number of para-hydroxylation sites is 1. The maximum atomic E-state index is 4.93. The fraction of sp³-hybridized carbons (Fsp3) is 0.150. The summed E-state index contributed by atoms with van der Waals surface area (Å²) >= 11 is 0. The van der Waals surface area contributed by atoms with Crippen LogP contribution >= 0.6 is 0 Å². The third kappa shape index (κ3) is 2.45. The molecule has 122 valence electrons. The third-order valence-electron chi connectivity index (χ3n) is 4.61. The molecule has 5 nitrogen and oxygen atoms in total. The molecule has 0 bridgehead atoms. The highest BCUT2D eigenvalue weighted by molar-refractivity contribution is 6.10. The SMILES string of the molecule is C1=Nc2c(ncn2-c2ccccc2)C2=NC(Cc3ccccc3)CN12. The van der Waals surface area contributed by atoms with Crippen molar-refractivity contribution >= 4 is 18.0 Å². The Balaban J connectivity index is 1.48. The summed E-state index contributed by atoms with van der Waals surface area (Å²) < 4.78 is 2.01. The second kappa shape index (κ2) is 5.70. The molecule has 0 amide bonds. The molecular formula is C20H17N5. The normalized spacial score (nSPS) is 18.0. The molecule has 0 saturated carbocycles. The Labute approximate surface area is 146 Å². The summed E-state index contributed by atoms with van der Waals surface area (Å²) in [6, 6.07) is 20.9. The number of benzene rings is 2. The van der Waals surface area contributed by atoms with E-state index in [1.807, 2.05) is 41.5 Å². The molecular weight excluding hydrogens is 310 g/mol. The number of aliphatic imine (C=N–C) groups is 2. The van der Waals surface area contributed by atoms with Crippen molar-refractivity contribution < 1.29 is 0 Å². The lowest BCUT2D eigenvalue weighted by Gasteiger charge is -2.18. The van der Waals surface area contributed by atoms with Crippen LogP contribution in [0.1, 0.15) is 11.3 Å². The van der Waals surface area contributed by atoms with Gasteiger partial charge in [-0.05, 0) is 24.1 Å². The summed E-state index contributed by atoms with van der Waals surface area (Å²) in [4.78, 5) is 16.3. The zero-order chi connectivity index (χ0) is 16.6. The van der Waals surface area contributed by atoms with Crippen molar-refractivity contribution in [2.75, 3.05) is 6.54 Å². The quantitative estimate of drug-likeness (QED) is 0.741. The standard InChI is InChI=1S/C20H17N5/c1-3-7-15(8-4-1)11-16-12-24-13-22-19-18(20(24)23-16)21-14-25(19)17-9-5-2-6-10-17/h1-10,13-14,16H,11-12H2. The third-order valence-corrected chi connectivity index (χ3v) is 4.61. The first-order chi connectivity index (χ1) is 12.4. The van der Waals surface area contributed by atoms with Gasteiger partial charge in [-0.2, -0.15) is 0 Å². The number of hydrogen-bond acceptors (Lipinski definition) is 4. The van der Waals surface area contributed by atoms with Gasteiger partial charge in [0.25, 0.3) is 0 Å². The van der Waals surface area contributed by atoms with E-state index >= 15 is 0 Å². The van der Waals surface area contributed by atoms with Gasteiger partial charge in [0.2, 0.25) is 0 Å². The zero-order valence-electron chi connectivity index (χ0n) is 13.7. The number of imidazole rings is 1. The van der Waals surface area contributed by atoms with Gasteiger partial charge in [0.15, 0.2) is 17.3 Å².